The lowest BCUT2D eigenvalue weighted by molar-refractivity contribution is -0.155. The lowest BCUT2D eigenvalue weighted by atomic mass is 9.88. The molecule has 0 spiro atoms. The molecule has 1 fully saturated rings. The second-order valence-electron chi connectivity index (χ2n) is 10.5. The van der Waals surface area contributed by atoms with Crippen LogP contribution in [0.2, 0.25) is 0 Å². The molecule has 216 valence electrons. The van der Waals surface area contributed by atoms with Crippen LogP contribution in [0.25, 0.3) is 10.9 Å². The largest absolute Gasteiger partial charge is 0.489 e. The molecule has 0 radical (unpaired) electrons. The number of benzene rings is 2. The van der Waals surface area contributed by atoms with Gasteiger partial charge < -0.3 is 14.8 Å². The third kappa shape index (κ3) is 5.64. The molecule has 3 atom stereocenters. The van der Waals surface area contributed by atoms with Gasteiger partial charge in [0.15, 0.2) is 0 Å². The molecule has 40 heavy (non-hydrogen) atoms. The van der Waals surface area contributed by atoms with Crippen LogP contribution in [0.5, 0.6) is 5.75 Å². The average molecular weight is 570 g/mol. The first kappa shape index (κ1) is 28.3. The number of hydrogen-bond donors (Lipinski definition) is 2. The number of carboxylic acid groups (broad SMARTS) is 1. The number of hydrogen-bond acceptors (Lipinski definition) is 4. The molecule has 2 aliphatic heterocycles. The van der Waals surface area contributed by atoms with Gasteiger partial charge >= 0.3 is 12.1 Å². The zero-order chi connectivity index (χ0) is 28.8. The smallest absolute Gasteiger partial charge is 0.401 e. The summed E-state index contributed by atoms with van der Waals surface area (Å²) in [6.07, 6.45) is -3.86. The molecule has 12 heteroatoms. The van der Waals surface area contributed by atoms with Gasteiger partial charge in [0.05, 0.1) is 24.8 Å². The molecule has 0 bridgehead atoms. The van der Waals surface area contributed by atoms with Gasteiger partial charge in [-0.15, -0.1) is 0 Å². The number of carboxylic acids is 1. The fraction of sp³-hybridized carbons (Fsp3) is 0.464. The maximum atomic E-state index is 15.7. The van der Waals surface area contributed by atoms with Gasteiger partial charge in [-0.05, 0) is 43.9 Å². The highest BCUT2D eigenvalue weighted by molar-refractivity contribution is 5.95. The standard InChI is InChI=1S/C28H29F6N3O3/c1-15-9-20-19-4-3-16(27(38)39)10-23(19)35-25(20)26(37(15)14-28(32,33)34)24-21(30)11-18(12-22(24)31)40-17-5-8-36(13-17)7-2-6-29/h3-4,10-12,15,17,26,35H,2,5-9,13-14H2,1H3,(H,38,39)/t15-,17?,26-/m1/s1. The van der Waals surface area contributed by atoms with Crippen molar-refractivity contribution in [1.82, 2.24) is 14.8 Å². The minimum Gasteiger partial charge on any atom is -0.489 e. The van der Waals surface area contributed by atoms with Crippen LogP contribution in [0.3, 0.4) is 0 Å². The molecule has 1 saturated heterocycles. The average Bonchev–Trinajstić information content (AvgIpc) is 3.46. The summed E-state index contributed by atoms with van der Waals surface area (Å²) >= 11 is 0. The number of ether oxygens (including phenoxy) is 1. The number of halogens is 6. The van der Waals surface area contributed by atoms with Gasteiger partial charge in [-0.1, -0.05) is 6.07 Å². The molecule has 2 N–H and O–H groups in total. The van der Waals surface area contributed by atoms with E-state index in [1.54, 1.807) is 13.0 Å². The van der Waals surface area contributed by atoms with E-state index in [9.17, 15) is 27.5 Å². The first-order valence-corrected chi connectivity index (χ1v) is 13.1. The van der Waals surface area contributed by atoms with E-state index in [0.717, 1.165) is 17.0 Å². The summed E-state index contributed by atoms with van der Waals surface area (Å²) in [7, 11) is 0. The van der Waals surface area contributed by atoms with Gasteiger partial charge in [-0.2, -0.15) is 13.2 Å². The maximum Gasteiger partial charge on any atom is 0.401 e. The Balaban J connectivity index is 1.53. The SMILES string of the molecule is C[C@@H]1Cc2c([nH]c3cc(C(=O)O)ccc23)[C@@H](c2c(F)cc(OC3CCN(CCCF)C3)cc2F)N1CC(F)(F)F. The number of carbonyl (C=O) groups is 1. The molecular formula is C28H29F6N3O3. The fourth-order valence-corrected chi connectivity index (χ4v) is 5.92. The normalized spacial score (nSPS) is 22.1. The number of nitrogens with one attached hydrogen (secondary N) is 1. The summed E-state index contributed by atoms with van der Waals surface area (Å²) in [5.41, 5.74) is 0.546. The summed E-state index contributed by atoms with van der Waals surface area (Å²) in [6.45, 7) is 1.40. The number of rotatable bonds is 8. The van der Waals surface area contributed by atoms with Gasteiger partial charge in [0.25, 0.3) is 0 Å². The number of aromatic amines is 1. The van der Waals surface area contributed by atoms with E-state index in [0.29, 0.717) is 48.9 Å². The third-order valence-corrected chi connectivity index (χ3v) is 7.68. The molecule has 3 heterocycles. The van der Waals surface area contributed by atoms with Crippen molar-refractivity contribution in [2.75, 3.05) is 32.9 Å². The van der Waals surface area contributed by atoms with Crippen molar-refractivity contribution in [1.29, 1.82) is 0 Å². The van der Waals surface area contributed by atoms with E-state index in [4.69, 9.17) is 4.74 Å². The Kier molecular flexibility index (Phi) is 7.75. The van der Waals surface area contributed by atoms with Gasteiger partial charge in [-0.3, -0.25) is 14.2 Å². The van der Waals surface area contributed by atoms with Crippen LogP contribution in [0.1, 0.15) is 53.0 Å². The number of nitrogens with zero attached hydrogens (tertiary/aromatic N) is 2. The molecule has 1 aromatic heterocycles. The third-order valence-electron chi connectivity index (χ3n) is 7.68. The van der Waals surface area contributed by atoms with Gasteiger partial charge in [0.2, 0.25) is 0 Å². The molecule has 0 saturated carbocycles. The van der Waals surface area contributed by atoms with E-state index in [2.05, 4.69) is 4.98 Å². The van der Waals surface area contributed by atoms with E-state index in [1.807, 2.05) is 4.90 Å². The molecule has 2 aromatic carbocycles. The van der Waals surface area contributed by atoms with Crippen LogP contribution in [-0.4, -0.2) is 77.0 Å². The Morgan fingerprint density at radius 3 is 2.55 bits per heavy atom. The van der Waals surface area contributed by atoms with Crippen molar-refractivity contribution in [3.8, 4) is 5.75 Å². The lowest BCUT2D eigenvalue weighted by Gasteiger charge is -2.41. The summed E-state index contributed by atoms with van der Waals surface area (Å²) in [6, 6.07) is 4.08. The first-order chi connectivity index (χ1) is 18.9. The van der Waals surface area contributed by atoms with Crippen LogP contribution >= 0.6 is 0 Å². The van der Waals surface area contributed by atoms with Crippen LogP contribution in [0.4, 0.5) is 26.3 Å². The Morgan fingerprint density at radius 1 is 1.18 bits per heavy atom. The number of alkyl halides is 4. The van der Waals surface area contributed by atoms with E-state index in [-0.39, 0.29) is 29.5 Å². The zero-order valence-electron chi connectivity index (χ0n) is 21.7. The van der Waals surface area contributed by atoms with E-state index >= 15 is 8.78 Å². The molecule has 2 aliphatic rings. The van der Waals surface area contributed by atoms with E-state index < -0.39 is 54.6 Å². The quantitative estimate of drug-likeness (QED) is 0.333. The number of H-pyrrole nitrogens is 1. The summed E-state index contributed by atoms with van der Waals surface area (Å²) < 4.78 is 90.7. The van der Waals surface area contributed by atoms with Gasteiger partial charge in [-0.25, -0.2) is 13.6 Å². The highest BCUT2D eigenvalue weighted by Crippen LogP contribution is 2.44. The Labute approximate surface area is 226 Å². The van der Waals surface area contributed by atoms with Gasteiger partial charge in [0.1, 0.15) is 23.5 Å². The molecule has 1 unspecified atom stereocenters. The monoisotopic (exact) mass is 569 g/mol. The predicted molar refractivity (Wildman–Crippen MR) is 135 cm³/mol. The van der Waals surface area contributed by atoms with Gasteiger partial charge in [0, 0.05) is 60.0 Å². The van der Waals surface area contributed by atoms with Crippen molar-refractivity contribution >= 4 is 16.9 Å². The summed E-state index contributed by atoms with van der Waals surface area (Å²) in [5, 5.41) is 9.95. The fourth-order valence-electron chi connectivity index (χ4n) is 5.92. The number of fused-ring (bicyclic) bond motifs is 3. The number of aromatic carboxylic acids is 1. The lowest BCUT2D eigenvalue weighted by Crippen LogP contribution is -2.47. The minimum absolute atomic E-state index is 0.0307. The topological polar surface area (TPSA) is 68.8 Å². The van der Waals surface area contributed by atoms with Crippen LogP contribution < -0.4 is 4.74 Å². The number of aromatic nitrogens is 1. The van der Waals surface area contributed by atoms with Crippen molar-refractivity contribution in [2.24, 2.45) is 0 Å². The van der Waals surface area contributed by atoms with Crippen molar-refractivity contribution < 1.29 is 41.0 Å². The maximum absolute atomic E-state index is 15.7. The minimum atomic E-state index is -4.64. The molecular weight excluding hydrogens is 540 g/mol. The highest BCUT2D eigenvalue weighted by Gasteiger charge is 2.44. The molecule has 0 amide bonds. The molecule has 5 rings (SSSR count). The Morgan fingerprint density at radius 2 is 1.90 bits per heavy atom. The van der Waals surface area contributed by atoms with Crippen molar-refractivity contribution in [3.05, 3.63) is 64.4 Å². The molecule has 0 aliphatic carbocycles. The Bertz CT molecular complexity index is 1380. The summed E-state index contributed by atoms with van der Waals surface area (Å²) in [5.74, 6) is -3.36. The van der Waals surface area contributed by atoms with Crippen LogP contribution in [-0.2, 0) is 6.42 Å². The second-order valence-corrected chi connectivity index (χ2v) is 10.5. The zero-order valence-corrected chi connectivity index (χ0v) is 21.7. The van der Waals surface area contributed by atoms with Crippen LogP contribution in [0.15, 0.2) is 30.3 Å². The van der Waals surface area contributed by atoms with E-state index in [1.165, 1.54) is 12.1 Å². The highest BCUT2D eigenvalue weighted by atomic mass is 19.4. The second kappa shape index (κ2) is 11.0. The Hall–Kier alpha value is -3.25. The van der Waals surface area contributed by atoms with Crippen molar-refractivity contribution in [2.45, 2.75) is 50.6 Å². The number of likely N-dealkylation sites (tertiary alicyclic amines) is 1. The molecule has 3 aromatic rings. The first-order valence-electron chi connectivity index (χ1n) is 13.1. The predicted octanol–water partition coefficient (Wildman–Crippen LogP) is 5.86. The van der Waals surface area contributed by atoms with Crippen molar-refractivity contribution in [3.63, 3.8) is 0 Å². The van der Waals surface area contributed by atoms with Crippen LogP contribution in [0, 0.1) is 11.6 Å². The molecule has 6 nitrogen and oxygen atoms in total. The summed E-state index contributed by atoms with van der Waals surface area (Å²) in [4.78, 5) is 17.5.